The molecule has 0 spiro atoms. The van der Waals surface area contributed by atoms with Crippen LogP contribution >= 0.6 is 27.5 Å². The molecule has 0 aliphatic rings. The van der Waals surface area contributed by atoms with Gasteiger partial charge in [0.15, 0.2) is 0 Å². The Kier molecular flexibility index (Phi) is 7.12. The molecule has 0 aromatic heterocycles. The summed E-state index contributed by atoms with van der Waals surface area (Å²) >= 11 is 9.68. The van der Waals surface area contributed by atoms with E-state index in [4.69, 9.17) is 11.6 Å². The van der Waals surface area contributed by atoms with Crippen LogP contribution in [0.4, 0.5) is 0 Å². The van der Waals surface area contributed by atoms with Gasteiger partial charge in [0.1, 0.15) is 0 Å². The molecule has 4 heteroatoms. The lowest BCUT2D eigenvalue weighted by Gasteiger charge is -2.18. The highest BCUT2D eigenvalue weighted by Crippen LogP contribution is 2.26. The second-order valence-corrected chi connectivity index (χ2v) is 5.43. The number of nitrogens with one attached hydrogen (secondary N) is 1. The minimum Gasteiger partial charge on any atom is -0.315 e. The predicted molar refractivity (Wildman–Crippen MR) is 78.6 cm³/mol. The Labute approximate surface area is 117 Å². The van der Waals surface area contributed by atoms with Crippen molar-refractivity contribution in [3.05, 3.63) is 33.3 Å². The number of hydrogen-bond acceptors (Lipinski definition) is 2. The van der Waals surface area contributed by atoms with Crippen molar-refractivity contribution in [2.24, 2.45) is 0 Å². The molecule has 0 heterocycles. The van der Waals surface area contributed by atoms with E-state index in [-0.39, 0.29) is 0 Å². The minimum absolute atomic E-state index is 0.820. The zero-order valence-corrected chi connectivity index (χ0v) is 12.8. The van der Waals surface area contributed by atoms with Gasteiger partial charge in [-0.25, -0.2) is 0 Å². The molecule has 0 saturated carbocycles. The van der Waals surface area contributed by atoms with Gasteiger partial charge in [0.25, 0.3) is 0 Å². The van der Waals surface area contributed by atoms with Crippen molar-refractivity contribution in [2.45, 2.75) is 19.9 Å². The van der Waals surface area contributed by atoms with Gasteiger partial charge < -0.3 is 10.2 Å². The molecule has 1 rings (SSSR count). The van der Waals surface area contributed by atoms with Crippen LogP contribution in [0.15, 0.2) is 22.7 Å². The summed E-state index contributed by atoms with van der Waals surface area (Å²) in [5.74, 6) is 0. The van der Waals surface area contributed by atoms with Gasteiger partial charge in [-0.1, -0.05) is 30.7 Å². The molecular weight excluding hydrogens is 300 g/mol. The smallest absolute Gasteiger partial charge is 0.0593 e. The largest absolute Gasteiger partial charge is 0.315 e. The van der Waals surface area contributed by atoms with Crippen molar-refractivity contribution in [1.82, 2.24) is 10.2 Å². The van der Waals surface area contributed by atoms with Crippen molar-refractivity contribution >= 4 is 27.5 Å². The average molecular weight is 320 g/mol. The number of benzene rings is 1. The fourth-order valence-corrected chi connectivity index (χ4v) is 2.21. The van der Waals surface area contributed by atoms with Crippen LogP contribution in [-0.2, 0) is 6.54 Å². The van der Waals surface area contributed by atoms with Crippen molar-refractivity contribution in [3.8, 4) is 0 Å². The lowest BCUT2D eigenvalue weighted by Crippen LogP contribution is -2.29. The van der Waals surface area contributed by atoms with Gasteiger partial charge in [-0.15, -0.1) is 0 Å². The summed E-state index contributed by atoms with van der Waals surface area (Å²) in [4.78, 5) is 2.27. The average Bonchev–Trinajstić information content (AvgIpc) is 2.31. The van der Waals surface area contributed by atoms with Gasteiger partial charge in [-0.3, -0.25) is 0 Å². The summed E-state index contributed by atoms with van der Waals surface area (Å²) in [6.07, 6.45) is 1.18. The van der Waals surface area contributed by atoms with Crippen LogP contribution < -0.4 is 5.32 Å². The standard InChI is InChI=1S/C13H20BrClN2/c1-3-7-16-8-9-17(2)10-11-5-4-6-12(14)13(11)15/h4-6,16H,3,7-10H2,1-2H3. The zero-order valence-electron chi connectivity index (χ0n) is 10.5. The summed E-state index contributed by atoms with van der Waals surface area (Å²) in [6.45, 7) is 6.20. The van der Waals surface area contributed by atoms with E-state index in [0.717, 1.165) is 35.7 Å². The molecular formula is C13H20BrClN2. The fraction of sp³-hybridized carbons (Fsp3) is 0.538. The molecule has 0 radical (unpaired) electrons. The highest BCUT2D eigenvalue weighted by molar-refractivity contribution is 9.10. The molecule has 1 aromatic rings. The maximum absolute atomic E-state index is 6.23. The maximum Gasteiger partial charge on any atom is 0.0593 e. The van der Waals surface area contributed by atoms with E-state index in [9.17, 15) is 0 Å². The van der Waals surface area contributed by atoms with Gasteiger partial charge in [0, 0.05) is 24.1 Å². The molecule has 0 fully saturated rings. The van der Waals surface area contributed by atoms with E-state index in [1.807, 2.05) is 12.1 Å². The molecule has 0 aliphatic heterocycles. The molecule has 0 amide bonds. The highest BCUT2D eigenvalue weighted by Gasteiger charge is 2.06. The lowest BCUT2D eigenvalue weighted by atomic mass is 10.2. The van der Waals surface area contributed by atoms with Crippen molar-refractivity contribution < 1.29 is 0 Å². The third kappa shape index (κ3) is 5.38. The van der Waals surface area contributed by atoms with Gasteiger partial charge in [0.05, 0.1) is 5.02 Å². The first kappa shape index (κ1) is 15.0. The van der Waals surface area contributed by atoms with Crippen molar-refractivity contribution in [1.29, 1.82) is 0 Å². The SMILES string of the molecule is CCCNCCN(C)Cc1cccc(Br)c1Cl. The first-order valence-electron chi connectivity index (χ1n) is 5.97. The molecule has 1 aromatic carbocycles. The lowest BCUT2D eigenvalue weighted by molar-refractivity contribution is 0.324. The molecule has 17 heavy (non-hydrogen) atoms. The zero-order chi connectivity index (χ0) is 12.7. The van der Waals surface area contributed by atoms with Crippen LogP contribution in [0.5, 0.6) is 0 Å². The van der Waals surface area contributed by atoms with E-state index in [2.05, 4.69) is 46.2 Å². The Morgan fingerprint density at radius 3 is 2.82 bits per heavy atom. The second-order valence-electron chi connectivity index (χ2n) is 4.20. The van der Waals surface area contributed by atoms with Crippen molar-refractivity contribution in [2.75, 3.05) is 26.7 Å². The predicted octanol–water partition coefficient (Wildman–Crippen LogP) is 3.53. The van der Waals surface area contributed by atoms with Crippen LogP contribution in [0.25, 0.3) is 0 Å². The summed E-state index contributed by atoms with van der Waals surface area (Å²) in [7, 11) is 2.12. The Bertz CT molecular complexity index is 344. The monoisotopic (exact) mass is 318 g/mol. The highest BCUT2D eigenvalue weighted by atomic mass is 79.9. The summed E-state index contributed by atoms with van der Waals surface area (Å²) in [6, 6.07) is 6.06. The minimum atomic E-state index is 0.820. The first-order chi connectivity index (χ1) is 8.15. The number of likely N-dealkylation sites (N-methyl/N-ethyl adjacent to an activating group) is 1. The fourth-order valence-electron chi connectivity index (χ4n) is 1.61. The van der Waals surface area contributed by atoms with Crippen LogP contribution in [-0.4, -0.2) is 31.6 Å². The number of hydrogen-bond donors (Lipinski definition) is 1. The molecule has 0 atom stereocenters. The Morgan fingerprint density at radius 1 is 1.35 bits per heavy atom. The number of rotatable bonds is 7. The number of nitrogens with zero attached hydrogens (tertiary/aromatic N) is 1. The van der Waals surface area contributed by atoms with Gasteiger partial charge in [0.2, 0.25) is 0 Å². The Morgan fingerprint density at radius 2 is 2.12 bits per heavy atom. The quantitative estimate of drug-likeness (QED) is 0.773. The summed E-state index contributed by atoms with van der Waals surface area (Å²) < 4.78 is 0.967. The molecule has 1 N–H and O–H groups in total. The third-order valence-corrected chi connectivity index (χ3v) is 3.90. The first-order valence-corrected chi connectivity index (χ1v) is 7.14. The summed E-state index contributed by atoms with van der Waals surface area (Å²) in [5, 5.41) is 4.21. The normalized spacial score (nSPS) is 11.1. The van der Waals surface area contributed by atoms with Crippen LogP contribution in [0, 0.1) is 0 Å². The third-order valence-electron chi connectivity index (χ3n) is 2.57. The van der Waals surface area contributed by atoms with Gasteiger partial charge >= 0.3 is 0 Å². The van der Waals surface area contributed by atoms with Crippen molar-refractivity contribution in [3.63, 3.8) is 0 Å². The molecule has 0 aliphatic carbocycles. The number of halogens is 2. The van der Waals surface area contributed by atoms with E-state index in [0.29, 0.717) is 0 Å². The Hall–Kier alpha value is -0.0900. The van der Waals surface area contributed by atoms with Crippen LogP contribution in [0.3, 0.4) is 0 Å². The molecule has 0 bridgehead atoms. The molecule has 2 nitrogen and oxygen atoms in total. The second kappa shape index (κ2) is 8.09. The van der Waals surface area contributed by atoms with Crippen LogP contribution in [0.1, 0.15) is 18.9 Å². The van der Waals surface area contributed by atoms with Crippen LogP contribution in [0.2, 0.25) is 5.02 Å². The van der Waals surface area contributed by atoms with E-state index >= 15 is 0 Å². The van der Waals surface area contributed by atoms with E-state index < -0.39 is 0 Å². The van der Waals surface area contributed by atoms with Gasteiger partial charge in [-0.2, -0.15) is 0 Å². The Balaban J connectivity index is 2.39. The van der Waals surface area contributed by atoms with Gasteiger partial charge in [-0.05, 0) is 47.6 Å². The molecule has 0 saturated heterocycles. The topological polar surface area (TPSA) is 15.3 Å². The maximum atomic E-state index is 6.23. The summed E-state index contributed by atoms with van der Waals surface area (Å²) in [5.41, 5.74) is 1.17. The van der Waals surface area contributed by atoms with E-state index in [1.165, 1.54) is 12.0 Å². The van der Waals surface area contributed by atoms with E-state index in [1.54, 1.807) is 0 Å². The molecule has 0 unspecified atom stereocenters. The molecule has 96 valence electrons.